The lowest BCUT2D eigenvalue weighted by molar-refractivity contribution is 0.0448. The largest absolute Gasteiger partial charge is 0.377 e. The Morgan fingerprint density at radius 1 is 1.04 bits per heavy atom. The van der Waals surface area contributed by atoms with Gasteiger partial charge in [0, 0.05) is 44.5 Å². The van der Waals surface area contributed by atoms with Crippen LogP contribution in [-0.4, -0.2) is 55.0 Å². The number of benzene rings is 2. The topological polar surface area (TPSA) is 132 Å². The number of imidazole rings is 1. The molecule has 1 fully saturated rings. The van der Waals surface area contributed by atoms with Gasteiger partial charge in [0.05, 0.1) is 44.9 Å². The summed E-state index contributed by atoms with van der Waals surface area (Å²) in [5.74, 6) is -0.831. The van der Waals surface area contributed by atoms with E-state index < -0.39 is 16.0 Å². The standard InChI is InChI=1S/C33H32FN7O4S/c1-38-18-23(31(34)37-38)29-27-20-12-10-19(11-13-20)7-6-14-45-26-16-21(15-24(26)35)40-30-25(39(2)33(40)42)17-36-32(28(27)30)41(29)46(43,44)22-8-4-3-5-9-22/h3-5,8-13,17-18,21,24,26H,6-7,14-16,35H2,1-2H3/t21-,24-,26+/m0/s1. The monoisotopic (exact) mass is 641 g/mol. The minimum Gasteiger partial charge on any atom is -0.377 e. The van der Waals surface area contributed by atoms with Gasteiger partial charge < -0.3 is 10.5 Å². The zero-order valence-electron chi connectivity index (χ0n) is 25.3. The molecule has 6 aromatic rings. The summed E-state index contributed by atoms with van der Waals surface area (Å²) in [6, 6.07) is 15.2. The van der Waals surface area contributed by atoms with Crippen LogP contribution < -0.4 is 11.4 Å². The van der Waals surface area contributed by atoms with Crippen molar-refractivity contribution in [2.24, 2.45) is 19.8 Å². The molecule has 13 heteroatoms. The molecule has 236 valence electrons. The van der Waals surface area contributed by atoms with Crippen LogP contribution in [0.4, 0.5) is 4.39 Å². The second-order valence-electron chi connectivity index (χ2n) is 12.2. The zero-order valence-corrected chi connectivity index (χ0v) is 26.1. The highest BCUT2D eigenvalue weighted by Crippen LogP contribution is 2.46. The van der Waals surface area contributed by atoms with Crippen LogP contribution in [0, 0.1) is 5.95 Å². The third-order valence-corrected chi connectivity index (χ3v) is 11.1. The number of hydrogen-bond acceptors (Lipinski definition) is 7. The summed E-state index contributed by atoms with van der Waals surface area (Å²) in [6.45, 7) is 0.540. The Kier molecular flexibility index (Phi) is 6.57. The van der Waals surface area contributed by atoms with Crippen LogP contribution in [0.3, 0.4) is 0 Å². The molecule has 46 heavy (non-hydrogen) atoms. The molecule has 1 aliphatic carbocycles. The molecule has 1 saturated carbocycles. The number of rotatable bonds is 3. The molecule has 4 aromatic heterocycles. The zero-order chi connectivity index (χ0) is 31.9. The molecule has 0 saturated heterocycles. The van der Waals surface area contributed by atoms with Gasteiger partial charge in [0.25, 0.3) is 10.0 Å². The van der Waals surface area contributed by atoms with Gasteiger partial charge in [-0.2, -0.15) is 4.39 Å². The van der Waals surface area contributed by atoms with Crippen LogP contribution in [0.2, 0.25) is 0 Å². The fourth-order valence-electron chi connectivity index (χ4n) is 7.21. The van der Waals surface area contributed by atoms with Gasteiger partial charge in [0.1, 0.15) is 0 Å². The Hall–Kier alpha value is -4.59. The first-order chi connectivity index (χ1) is 22.1. The third kappa shape index (κ3) is 4.22. The summed E-state index contributed by atoms with van der Waals surface area (Å²) >= 11 is 0. The number of nitrogens with two attached hydrogens (primary N) is 1. The van der Waals surface area contributed by atoms with E-state index in [9.17, 15) is 13.2 Å². The lowest BCUT2D eigenvalue weighted by Crippen LogP contribution is -2.31. The number of nitrogens with zero attached hydrogens (tertiary/aromatic N) is 6. The number of aryl methyl sites for hydroxylation is 3. The van der Waals surface area contributed by atoms with Crippen LogP contribution in [-0.2, 0) is 35.3 Å². The van der Waals surface area contributed by atoms with Crippen molar-refractivity contribution in [2.45, 2.75) is 48.8 Å². The summed E-state index contributed by atoms with van der Waals surface area (Å²) in [5.41, 5.74) is 9.65. The molecule has 0 unspecified atom stereocenters. The molecular weight excluding hydrogens is 609 g/mol. The second-order valence-corrected chi connectivity index (χ2v) is 14.0. The molecule has 4 bridgehead atoms. The van der Waals surface area contributed by atoms with E-state index in [4.69, 9.17) is 15.5 Å². The van der Waals surface area contributed by atoms with Crippen LogP contribution in [0.25, 0.3) is 44.5 Å². The molecule has 3 aliphatic rings. The molecule has 9 rings (SSSR count). The van der Waals surface area contributed by atoms with Crippen molar-refractivity contribution in [3.05, 3.63) is 89.0 Å². The summed E-state index contributed by atoms with van der Waals surface area (Å²) in [6.07, 6.45) is 5.33. The van der Waals surface area contributed by atoms with Crippen molar-refractivity contribution in [3.63, 3.8) is 0 Å². The number of pyridine rings is 1. The summed E-state index contributed by atoms with van der Waals surface area (Å²) < 4.78 is 57.0. The van der Waals surface area contributed by atoms with E-state index in [0.717, 1.165) is 22.4 Å². The maximum atomic E-state index is 15.8. The first-order valence-electron chi connectivity index (χ1n) is 15.3. The summed E-state index contributed by atoms with van der Waals surface area (Å²) in [4.78, 5) is 18.8. The average Bonchev–Trinajstić information content (AvgIpc) is 3.76. The smallest absolute Gasteiger partial charge is 0.329 e. The molecule has 0 spiro atoms. The highest BCUT2D eigenvalue weighted by molar-refractivity contribution is 7.90. The Labute approximate surface area is 263 Å². The Bertz CT molecular complexity index is 2320. The van der Waals surface area contributed by atoms with Gasteiger partial charge in [-0.05, 0) is 48.9 Å². The lowest BCUT2D eigenvalue weighted by Gasteiger charge is -2.16. The summed E-state index contributed by atoms with van der Waals surface area (Å²) in [7, 11) is -1.10. The minimum atomic E-state index is -4.35. The first kappa shape index (κ1) is 28.9. The van der Waals surface area contributed by atoms with Crippen molar-refractivity contribution in [1.29, 1.82) is 0 Å². The number of ether oxygens (including phenoxy) is 1. The van der Waals surface area contributed by atoms with E-state index in [1.54, 1.807) is 36.9 Å². The van der Waals surface area contributed by atoms with Crippen molar-refractivity contribution >= 4 is 32.1 Å². The normalized spacial score (nSPS) is 20.1. The van der Waals surface area contributed by atoms with Gasteiger partial charge in [-0.1, -0.05) is 42.5 Å². The highest BCUT2D eigenvalue weighted by Gasteiger charge is 2.38. The van der Waals surface area contributed by atoms with Crippen molar-refractivity contribution in [3.8, 4) is 22.4 Å². The van der Waals surface area contributed by atoms with Gasteiger partial charge in [-0.25, -0.2) is 22.2 Å². The predicted octanol–water partition coefficient (Wildman–Crippen LogP) is 4.13. The SMILES string of the molecule is Cn1cc(-c2c3c4c(ncc5c4n(c(=O)n5C)[C@H]4C[C@H](N)[C@@H](C4)OCCCc4ccc-3cc4)n2S(=O)(=O)c2ccccc2)c(F)n1. The molecule has 6 heterocycles. The van der Waals surface area contributed by atoms with E-state index in [0.29, 0.717) is 47.0 Å². The van der Waals surface area contributed by atoms with E-state index in [2.05, 4.69) is 5.10 Å². The van der Waals surface area contributed by atoms with Crippen LogP contribution in [0.5, 0.6) is 0 Å². The van der Waals surface area contributed by atoms with Gasteiger partial charge in [0.2, 0.25) is 5.95 Å². The van der Waals surface area contributed by atoms with Gasteiger partial charge in [-0.15, -0.1) is 5.10 Å². The Balaban J connectivity index is 1.60. The van der Waals surface area contributed by atoms with Crippen LogP contribution in [0.1, 0.15) is 30.9 Å². The second kappa shape index (κ2) is 10.5. The number of halogens is 1. The number of hydrogen-bond donors (Lipinski definition) is 1. The van der Waals surface area contributed by atoms with E-state index in [1.165, 1.54) is 33.8 Å². The molecule has 2 N–H and O–H groups in total. The van der Waals surface area contributed by atoms with E-state index in [1.807, 2.05) is 24.3 Å². The van der Waals surface area contributed by atoms with Crippen molar-refractivity contribution in [1.82, 2.24) is 27.9 Å². The lowest BCUT2D eigenvalue weighted by atomic mass is 9.97. The molecule has 2 aliphatic heterocycles. The van der Waals surface area contributed by atoms with Crippen molar-refractivity contribution in [2.75, 3.05) is 6.61 Å². The van der Waals surface area contributed by atoms with Crippen molar-refractivity contribution < 1.29 is 17.5 Å². The predicted molar refractivity (Wildman–Crippen MR) is 171 cm³/mol. The molecule has 2 aromatic carbocycles. The van der Waals surface area contributed by atoms with Gasteiger partial charge in [0.15, 0.2) is 5.65 Å². The maximum absolute atomic E-state index is 15.8. The molecule has 3 atom stereocenters. The first-order valence-corrected chi connectivity index (χ1v) is 16.7. The molecular formula is C33H32FN7O4S. The maximum Gasteiger partial charge on any atom is 0.329 e. The quantitative estimate of drug-likeness (QED) is 0.308. The minimum absolute atomic E-state index is 0.00803. The Morgan fingerprint density at radius 2 is 1.80 bits per heavy atom. The van der Waals surface area contributed by atoms with E-state index >= 15 is 4.39 Å². The van der Waals surface area contributed by atoms with Gasteiger partial charge >= 0.3 is 5.69 Å². The van der Waals surface area contributed by atoms with Gasteiger partial charge in [-0.3, -0.25) is 13.8 Å². The Morgan fingerprint density at radius 3 is 2.52 bits per heavy atom. The summed E-state index contributed by atoms with van der Waals surface area (Å²) in [5, 5.41) is 4.37. The fraction of sp³-hybridized carbons (Fsp3) is 0.303. The van der Waals surface area contributed by atoms with Crippen LogP contribution in [0.15, 0.2) is 76.7 Å². The molecule has 0 radical (unpaired) electrons. The third-order valence-electron chi connectivity index (χ3n) is 9.39. The fourth-order valence-corrected chi connectivity index (χ4v) is 8.72. The average molecular weight is 642 g/mol. The number of aromatic nitrogens is 6. The molecule has 0 amide bonds. The highest BCUT2D eigenvalue weighted by atomic mass is 32.2. The van der Waals surface area contributed by atoms with Crippen LogP contribution >= 0.6 is 0 Å². The number of fused-ring (bicyclic) bond motifs is 5. The van der Waals surface area contributed by atoms with E-state index in [-0.39, 0.29) is 45.7 Å². The molecule has 11 nitrogen and oxygen atoms in total.